The SMILES string of the molecule is COC(=O)c1ccc(OC)c(OCCc2cc(C)ccc2F)c1.Cc1ccc(F)c(CCO)c1. The van der Waals surface area contributed by atoms with Crippen LogP contribution in [0.15, 0.2) is 54.6 Å². The van der Waals surface area contributed by atoms with E-state index in [1.807, 2.05) is 13.8 Å². The molecule has 0 fully saturated rings. The van der Waals surface area contributed by atoms with Crippen molar-refractivity contribution in [1.82, 2.24) is 0 Å². The Kier molecular flexibility index (Phi) is 10.5. The molecule has 0 spiro atoms. The minimum absolute atomic E-state index is 0.000370. The Bertz CT molecular complexity index is 1100. The van der Waals surface area contributed by atoms with E-state index in [1.54, 1.807) is 42.5 Å². The highest BCUT2D eigenvalue weighted by Gasteiger charge is 2.12. The lowest BCUT2D eigenvalue weighted by atomic mass is 10.1. The molecule has 7 heteroatoms. The summed E-state index contributed by atoms with van der Waals surface area (Å²) < 4.78 is 42.1. The van der Waals surface area contributed by atoms with Crippen LogP contribution in [-0.2, 0) is 17.6 Å². The summed E-state index contributed by atoms with van der Waals surface area (Å²) in [5.74, 6) is -0.0211. The van der Waals surface area contributed by atoms with Gasteiger partial charge in [-0.2, -0.15) is 0 Å². The third-order valence-electron chi connectivity index (χ3n) is 5.00. The Hall–Kier alpha value is -3.45. The molecule has 3 rings (SSSR count). The summed E-state index contributed by atoms with van der Waals surface area (Å²) in [6, 6.07) is 14.7. The standard InChI is InChI=1S/C18H19FO4.C9H11FO/c1-12-4-6-15(19)13(10-12)8-9-23-17-11-14(18(20)22-3)5-7-16(17)21-2;1-7-2-3-9(10)8(6-7)4-5-11/h4-7,10-11H,8-9H2,1-3H3;2-3,6,11H,4-5H2,1H3. The summed E-state index contributed by atoms with van der Waals surface area (Å²) in [5, 5.41) is 8.57. The molecule has 5 nitrogen and oxygen atoms in total. The molecule has 3 aromatic carbocycles. The number of methoxy groups -OCH3 is 2. The fourth-order valence-corrected chi connectivity index (χ4v) is 3.22. The Morgan fingerprint density at radius 2 is 1.41 bits per heavy atom. The van der Waals surface area contributed by atoms with E-state index in [9.17, 15) is 13.6 Å². The van der Waals surface area contributed by atoms with Crippen molar-refractivity contribution in [3.63, 3.8) is 0 Å². The molecule has 3 aromatic rings. The van der Waals surface area contributed by atoms with Gasteiger partial charge in [-0.3, -0.25) is 0 Å². The number of halogens is 2. The number of carbonyl (C=O) groups is 1. The number of aliphatic hydroxyl groups is 1. The predicted molar refractivity (Wildman–Crippen MR) is 127 cm³/mol. The molecular formula is C27H30F2O5. The minimum Gasteiger partial charge on any atom is -0.493 e. The second kappa shape index (κ2) is 13.3. The number of hydrogen-bond acceptors (Lipinski definition) is 5. The average Bonchev–Trinajstić information content (AvgIpc) is 2.83. The molecular weight excluding hydrogens is 442 g/mol. The van der Waals surface area contributed by atoms with Crippen LogP contribution in [0.4, 0.5) is 8.78 Å². The number of hydrogen-bond donors (Lipinski definition) is 1. The van der Waals surface area contributed by atoms with Crippen LogP contribution in [0.1, 0.15) is 32.6 Å². The topological polar surface area (TPSA) is 65.0 Å². The number of carbonyl (C=O) groups excluding carboxylic acids is 1. The first-order valence-electron chi connectivity index (χ1n) is 10.8. The third kappa shape index (κ3) is 7.85. The highest BCUT2D eigenvalue weighted by Crippen LogP contribution is 2.28. The fraction of sp³-hybridized carbons (Fsp3) is 0.296. The van der Waals surface area contributed by atoms with Gasteiger partial charge in [0.1, 0.15) is 11.6 Å². The van der Waals surface area contributed by atoms with E-state index in [0.717, 1.165) is 11.1 Å². The molecule has 0 aromatic heterocycles. The first-order valence-corrected chi connectivity index (χ1v) is 10.8. The summed E-state index contributed by atoms with van der Waals surface area (Å²) in [6.07, 6.45) is 0.812. The molecule has 0 unspecified atom stereocenters. The number of aryl methyl sites for hydroxylation is 2. The highest BCUT2D eigenvalue weighted by molar-refractivity contribution is 5.90. The first-order chi connectivity index (χ1) is 16.3. The smallest absolute Gasteiger partial charge is 0.337 e. The molecule has 1 N–H and O–H groups in total. The van der Waals surface area contributed by atoms with Crippen molar-refractivity contribution in [3.8, 4) is 11.5 Å². The number of benzene rings is 3. The van der Waals surface area contributed by atoms with Gasteiger partial charge in [0, 0.05) is 13.0 Å². The van der Waals surface area contributed by atoms with Gasteiger partial charge in [0.05, 0.1) is 26.4 Å². The van der Waals surface area contributed by atoms with Gasteiger partial charge < -0.3 is 19.3 Å². The summed E-state index contributed by atoms with van der Waals surface area (Å²) in [4.78, 5) is 11.6. The lowest BCUT2D eigenvalue weighted by molar-refractivity contribution is 0.0600. The molecule has 0 saturated heterocycles. The molecule has 0 aliphatic heterocycles. The predicted octanol–water partition coefficient (Wildman–Crippen LogP) is 5.22. The molecule has 0 saturated carbocycles. The van der Waals surface area contributed by atoms with Crippen LogP contribution < -0.4 is 9.47 Å². The number of rotatable bonds is 8. The van der Waals surface area contributed by atoms with Crippen LogP contribution in [-0.4, -0.2) is 38.5 Å². The van der Waals surface area contributed by atoms with Crippen LogP contribution in [0.25, 0.3) is 0 Å². The monoisotopic (exact) mass is 472 g/mol. The lowest BCUT2D eigenvalue weighted by Gasteiger charge is -2.12. The van der Waals surface area contributed by atoms with Crippen molar-refractivity contribution in [2.75, 3.05) is 27.4 Å². The van der Waals surface area contributed by atoms with Gasteiger partial charge in [0.25, 0.3) is 0 Å². The van der Waals surface area contributed by atoms with Crippen LogP contribution in [0.3, 0.4) is 0 Å². The van der Waals surface area contributed by atoms with Gasteiger partial charge in [-0.05, 0) is 61.7 Å². The van der Waals surface area contributed by atoms with E-state index < -0.39 is 5.97 Å². The van der Waals surface area contributed by atoms with Crippen molar-refractivity contribution < 1.29 is 32.9 Å². The zero-order valence-corrected chi connectivity index (χ0v) is 19.9. The van der Waals surface area contributed by atoms with Gasteiger partial charge in [-0.15, -0.1) is 0 Å². The number of aliphatic hydroxyl groups excluding tert-OH is 1. The van der Waals surface area contributed by atoms with E-state index in [4.69, 9.17) is 14.6 Å². The highest BCUT2D eigenvalue weighted by atomic mass is 19.1. The van der Waals surface area contributed by atoms with Crippen LogP contribution >= 0.6 is 0 Å². The summed E-state index contributed by atoms with van der Waals surface area (Å²) in [6.45, 7) is 4.08. The maximum atomic E-state index is 13.7. The second-order valence-electron chi connectivity index (χ2n) is 7.62. The van der Waals surface area contributed by atoms with E-state index >= 15 is 0 Å². The Labute approximate surface area is 198 Å². The molecule has 182 valence electrons. The Morgan fingerprint density at radius 3 is 1.94 bits per heavy atom. The molecule has 0 aliphatic carbocycles. The quantitative estimate of drug-likeness (QED) is 0.456. The minimum atomic E-state index is -0.456. The maximum absolute atomic E-state index is 13.7. The maximum Gasteiger partial charge on any atom is 0.337 e. The third-order valence-corrected chi connectivity index (χ3v) is 5.00. The van der Waals surface area contributed by atoms with E-state index in [1.165, 1.54) is 26.4 Å². The van der Waals surface area contributed by atoms with Crippen molar-refractivity contribution in [3.05, 3.63) is 94.0 Å². The largest absolute Gasteiger partial charge is 0.493 e. The second-order valence-corrected chi connectivity index (χ2v) is 7.62. The Balaban J connectivity index is 0.000000310. The van der Waals surface area contributed by atoms with Crippen molar-refractivity contribution in [2.45, 2.75) is 26.7 Å². The molecule has 0 aliphatic rings. The molecule has 0 atom stereocenters. The van der Waals surface area contributed by atoms with E-state index in [0.29, 0.717) is 41.0 Å². The van der Waals surface area contributed by atoms with Gasteiger partial charge in [-0.1, -0.05) is 35.4 Å². The first kappa shape index (κ1) is 26.8. The molecule has 0 radical (unpaired) electrons. The zero-order chi connectivity index (χ0) is 25.1. The Morgan fingerprint density at radius 1 is 0.824 bits per heavy atom. The molecule has 34 heavy (non-hydrogen) atoms. The van der Waals surface area contributed by atoms with Crippen molar-refractivity contribution in [1.29, 1.82) is 0 Å². The summed E-state index contributed by atoms with van der Waals surface area (Å²) in [7, 11) is 2.83. The summed E-state index contributed by atoms with van der Waals surface area (Å²) >= 11 is 0. The number of ether oxygens (including phenoxy) is 3. The molecule has 0 heterocycles. The van der Waals surface area contributed by atoms with Crippen molar-refractivity contribution >= 4 is 5.97 Å². The van der Waals surface area contributed by atoms with Gasteiger partial charge in [0.2, 0.25) is 0 Å². The fourth-order valence-electron chi connectivity index (χ4n) is 3.22. The van der Waals surface area contributed by atoms with Gasteiger partial charge in [0.15, 0.2) is 11.5 Å². The van der Waals surface area contributed by atoms with Gasteiger partial charge >= 0.3 is 5.97 Å². The zero-order valence-electron chi connectivity index (χ0n) is 19.9. The van der Waals surface area contributed by atoms with E-state index in [-0.39, 0.29) is 24.8 Å². The number of esters is 1. The van der Waals surface area contributed by atoms with Crippen LogP contribution in [0.2, 0.25) is 0 Å². The molecule has 0 bridgehead atoms. The normalized spacial score (nSPS) is 10.2. The average molecular weight is 473 g/mol. The molecule has 0 amide bonds. The van der Waals surface area contributed by atoms with Crippen LogP contribution in [0, 0.1) is 25.5 Å². The van der Waals surface area contributed by atoms with E-state index in [2.05, 4.69) is 4.74 Å². The lowest BCUT2D eigenvalue weighted by Crippen LogP contribution is -2.06. The van der Waals surface area contributed by atoms with Crippen LogP contribution in [0.5, 0.6) is 11.5 Å². The summed E-state index contributed by atoms with van der Waals surface area (Å²) in [5.41, 5.74) is 3.56. The van der Waals surface area contributed by atoms with Crippen molar-refractivity contribution in [2.24, 2.45) is 0 Å². The van der Waals surface area contributed by atoms with Gasteiger partial charge in [-0.25, -0.2) is 13.6 Å².